The average Bonchev–Trinajstić information content (AvgIpc) is 2.96. The molecule has 1 aromatic heterocycles. The first-order valence-corrected chi connectivity index (χ1v) is 13.5. The van der Waals surface area contributed by atoms with Crippen LogP contribution in [-0.2, 0) is 22.6 Å². The van der Waals surface area contributed by atoms with Gasteiger partial charge in [0.15, 0.2) is 0 Å². The van der Waals surface area contributed by atoms with Gasteiger partial charge in [-0.2, -0.15) is 0 Å². The maximum Gasteiger partial charge on any atom is 0.131 e. The van der Waals surface area contributed by atoms with Gasteiger partial charge < -0.3 is 9.47 Å². The Hall–Kier alpha value is -3.30. The number of rotatable bonds is 6. The topological polar surface area (TPSA) is 50.7 Å². The Balaban J connectivity index is 1.30. The summed E-state index contributed by atoms with van der Waals surface area (Å²) in [7, 11) is 0. The summed E-state index contributed by atoms with van der Waals surface area (Å²) in [5.41, 5.74) is 6.62. The normalized spacial score (nSPS) is 17.1. The summed E-state index contributed by atoms with van der Waals surface area (Å²) in [4.78, 5) is 14.0. The smallest absolute Gasteiger partial charge is 0.131 e. The monoisotopic (exact) mass is 530 g/mol. The lowest BCUT2D eigenvalue weighted by Crippen LogP contribution is -2.36. The van der Waals surface area contributed by atoms with Crippen molar-refractivity contribution in [3.63, 3.8) is 0 Å². The highest BCUT2D eigenvalue weighted by Crippen LogP contribution is 2.31. The van der Waals surface area contributed by atoms with Crippen molar-refractivity contribution in [2.24, 2.45) is 0 Å². The fourth-order valence-electron chi connectivity index (χ4n) is 5.33. The molecule has 202 valence electrons. The van der Waals surface area contributed by atoms with Crippen molar-refractivity contribution in [3.05, 3.63) is 83.1 Å². The summed E-state index contributed by atoms with van der Waals surface area (Å²) in [5, 5.41) is 0. The van der Waals surface area contributed by atoms with Crippen molar-refractivity contribution in [1.82, 2.24) is 19.8 Å². The number of para-hydroxylation sites is 1. The third-order valence-corrected chi connectivity index (χ3v) is 7.65. The van der Waals surface area contributed by atoms with Crippen molar-refractivity contribution >= 4 is 11.0 Å². The molecule has 3 aromatic carbocycles. The molecule has 6 nitrogen and oxygen atoms in total. The number of hydrogen-bond donors (Lipinski definition) is 0. The highest BCUT2D eigenvalue weighted by Gasteiger charge is 2.19. The third-order valence-electron chi connectivity index (χ3n) is 7.65. The molecule has 6 rings (SSSR count). The molecule has 0 bridgehead atoms. The van der Waals surface area contributed by atoms with Crippen LogP contribution in [0.25, 0.3) is 33.4 Å². The fraction of sp³-hybridized carbons (Fsp3) is 0.355. The molecule has 0 saturated carbocycles. The van der Waals surface area contributed by atoms with E-state index in [2.05, 4.69) is 35.0 Å². The highest BCUT2D eigenvalue weighted by molar-refractivity contribution is 5.92. The second kappa shape index (κ2) is 11.4. The quantitative estimate of drug-likeness (QED) is 0.341. The largest absolute Gasteiger partial charge is 0.379 e. The van der Waals surface area contributed by atoms with E-state index in [0.717, 1.165) is 44.1 Å². The van der Waals surface area contributed by atoms with E-state index in [0.29, 0.717) is 48.5 Å². The zero-order valence-corrected chi connectivity index (χ0v) is 22.1. The first kappa shape index (κ1) is 26.0. The van der Waals surface area contributed by atoms with Crippen molar-refractivity contribution in [1.29, 1.82) is 0 Å². The zero-order valence-electron chi connectivity index (χ0n) is 22.1. The first-order valence-electron chi connectivity index (χ1n) is 13.5. The molecule has 0 amide bonds. The number of ether oxygens (including phenoxy) is 2. The number of fused-ring (bicyclic) bond motifs is 1. The summed E-state index contributed by atoms with van der Waals surface area (Å²) < 4.78 is 41.2. The second-order valence-electron chi connectivity index (χ2n) is 10.3. The number of morpholine rings is 2. The van der Waals surface area contributed by atoms with Crippen LogP contribution in [0.3, 0.4) is 0 Å². The molecule has 2 aliphatic rings. The van der Waals surface area contributed by atoms with Crippen LogP contribution in [-0.4, -0.2) is 72.4 Å². The summed E-state index contributed by atoms with van der Waals surface area (Å²) >= 11 is 0. The molecule has 0 spiro atoms. The molecule has 0 radical (unpaired) electrons. The average molecular weight is 531 g/mol. The standard InChI is InChI=1S/C31H32F2N4O2/c1-21-15-22(5-6-23(21)19-36-7-11-38-12-8-36)30-18-34-29-4-2-3-25(31(29)35-30)24-16-27(32)26(28(33)17-24)20-37-9-13-39-14-10-37/h2-6,15-18H,7-14,19-20H2,1H3. The summed E-state index contributed by atoms with van der Waals surface area (Å²) in [6, 6.07) is 14.7. The van der Waals surface area contributed by atoms with Gasteiger partial charge in [0.25, 0.3) is 0 Å². The van der Waals surface area contributed by atoms with Crippen LogP contribution < -0.4 is 0 Å². The van der Waals surface area contributed by atoms with Gasteiger partial charge in [-0.1, -0.05) is 24.3 Å². The SMILES string of the molecule is Cc1cc(-c2cnc3cccc(-c4cc(F)c(CN5CCOCC5)c(F)c4)c3n2)ccc1CN1CCOCC1. The van der Waals surface area contributed by atoms with Gasteiger partial charge in [0.05, 0.1) is 49.4 Å². The van der Waals surface area contributed by atoms with Gasteiger partial charge in [-0.3, -0.25) is 14.8 Å². The Morgan fingerprint density at radius 3 is 2.13 bits per heavy atom. The predicted molar refractivity (Wildman–Crippen MR) is 147 cm³/mol. The molecule has 0 aliphatic carbocycles. The van der Waals surface area contributed by atoms with Crippen LogP contribution in [0.15, 0.2) is 54.7 Å². The third kappa shape index (κ3) is 5.70. The number of aromatic nitrogens is 2. The van der Waals surface area contributed by atoms with Gasteiger partial charge in [0.1, 0.15) is 11.6 Å². The lowest BCUT2D eigenvalue weighted by Gasteiger charge is -2.27. The second-order valence-corrected chi connectivity index (χ2v) is 10.3. The minimum atomic E-state index is -0.552. The van der Waals surface area contributed by atoms with E-state index in [4.69, 9.17) is 14.5 Å². The van der Waals surface area contributed by atoms with Crippen LogP contribution in [0, 0.1) is 18.6 Å². The van der Waals surface area contributed by atoms with E-state index in [1.54, 1.807) is 6.20 Å². The van der Waals surface area contributed by atoms with E-state index < -0.39 is 11.6 Å². The molecular formula is C31H32F2N4O2. The highest BCUT2D eigenvalue weighted by atomic mass is 19.1. The Morgan fingerprint density at radius 2 is 1.46 bits per heavy atom. The van der Waals surface area contributed by atoms with Crippen LogP contribution in [0.1, 0.15) is 16.7 Å². The van der Waals surface area contributed by atoms with E-state index in [-0.39, 0.29) is 12.1 Å². The molecule has 2 fully saturated rings. The van der Waals surface area contributed by atoms with Crippen molar-refractivity contribution in [3.8, 4) is 22.4 Å². The van der Waals surface area contributed by atoms with Crippen LogP contribution in [0.5, 0.6) is 0 Å². The van der Waals surface area contributed by atoms with Crippen LogP contribution in [0.2, 0.25) is 0 Å². The minimum absolute atomic E-state index is 0.0836. The van der Waals surface area contributed by atoms with Gasteiger partial charge in [-0.05, 0) is 47.9 Å². The van der Waals surface area contributed by atoms with E-state index >= 15 is 8.78 Å². The number of hydrogen-bond acceptors (Lipinski definition) is 6. The predicted octanol–water partition coefficient (Wildman–Crippen LogP) is 5.21. The summed E-state index contributed by atoms with van der Waals surface area (Å²) in [6.45, 7) is 9.14. The minimum Gasteiger partial charge on any atom is -0.379 e. The van der Waals surface area contributed by atoms with Gasteiger partial charge in [-0.25, -0.2) is 13.8 Å². The summed E-state index contributed by atoms with van der Waals surface area (Å²) in [5.74, 6) is -1.10. The lowest BCUT2D eigenvalue weighted by molar-refractivity contribution is 0.0332. The van der Waals surface area contributed by atoms with Crippen molar-refractivity contribution < 1.29 is 18.3 Å². The number of halogens is 2. The lowest BCUT2D eigenvalue weighted by atomic mass is 10.00. The Morgan fingerprint density at radius 1 is 0.795 bits per heavy atom. The van der Waals surface area contributed by atoms with Crippen molar-refractivity contribution in [2.45, 2.75) is 20.0 Å². The Labute approximate surface area is 227 Å². The molecular weight excluding hydrogens is 498 g/mol. The molecule has 8 heteroatoms. The number of aryl methyl sites for hydroxylation is 1. The van der Waals surface area contributed by atoms with E-state index in [1.165, 1.54) is 23.3 Å². The zero-order chi connectivity index (χ0) is 26.8. The molecule has 2 saturated heterocycles. The van der Waals surface area contributed by atoms with Gasteiger partial charge in [-0.15, -0.1) is 0 Å². The molecule has 0 atom stereocenters. The molecule has 2 aliphatic heterocycles. The number of nitrogens with zero attached hydrogens (tertiary/aromatic N) is 4. The van der Waals surface area contributed by atoms with Crippen molar-refractivity contribution in [2.75, 3.05) is 52.6 Å². The van der Waals surface area contributed by atoms with Crippen LogP contribution in [0.4, 0.5) is 8.78 Å². The molecule has 39 heavy (non-hydrogen) atoms. The first-order chi connectivity index (χ1) is 19.0. The Bertz CT molecular complexity index is 1460. The molecule has 0 N–H and O–H groups in total. The van der Waals surface area contributed by atoms with E-state index in [9.17, 15) is 0 Å². The fourth-order valence-corrected chi connectivity index (χ4v) is 5.33. The molecule has 0 unspecified atom stereocenters. The molecule has 3 heterocycles. The maximum atomic E-state index is 15.2. The van der Waals surface area contributed by atoms with Gasteiger partial charge in [0.2, 0.25) is 0 Å². The maximum absolute atomic E-state index is 15.2. The number of benzene rings is 3. The molecule has 4 aromatic rings. The summed E-state index contributed by atoms with van der Waals surface area (Å²) in [6.07, 6.45) is 1.76. The van der Waals surface area contributed by atoms with E-state index in [1.807, 2.05) is 23.1 Å². The van der Waals surface area contributed by atoms with Gasteiger partial charge in [0, 0.05) is 56.0 Å². The van der Waals surface area contributed by atoms with Gasteiger partial charge >= 0.3 is 0 Å². The van der Waals surface area contributed by atoms with Crippen LogP contribution >= 0.6 is 0 Å². The Kier molecular flexibility index (Phi) is 7.61.